The average Bonchev–Trinajstić information content (AvgIpc) is 2.36. The molecule has 0 saturated heterocycles. The molecule has 7 heteroatoms. The summed E-state index contributed by atoms with van der Waals surface area (Å²) in [5.74, 6) is -4.12. The number of benzene rings is 2. The second kappa shape index (κ2) is 5.12. The minimum Gasteiger partial charge on any atom is -0.478 e. The van der Waals surface area contributed by atoms with Crippen molar-refractivity contribution in [2.75, 3.05) is 11.1 Å². The molecule has 0 unspecified atom stereocenters. The molecule has 4 nitrogen and oxygen atoms in total. The van der Waals surface area contributed by atoms with Gasteiger partial charge in [-0.05, 0) is 18.2 Å². The monoisotopic (exact) mass is 282 g/mol. The molecule has 0 heterocycles. The first kappa shape index (κ1) is 13.7. The van der Waals surface area contributed by atoms with Crippen molar-refractivity contribution < 1.29 is 23.1 Å². The Kier molecular flexibility index (Phi) is 3.51. The van der Waals surface area contributed by atoms with Crippen LogP contribution in [0.4, 0.5) is 30.2 Å². The lowest BCUT2D eigenvalue weighted by Gasteiger charge is -2.11. The number of anilines is 3. The third-order valence-corrected chi connectivity index (χ3v) is 2.57. The number of carboxylic acids is 1. The smallest absolute Gasteiger partial charge is 0.338 e. The number of nitrogens with one attached hydrogen (secondary N) is 1. The number of nitrogens with two attached hydrogens (primary N) is 1. The van der Waals surface area contributed by atoms with Crippen molar-refractivity contribution in [1.29, 1.82) is 0 Å². The van der Waals surface area contributed by atoms with E-state index in [1.807, 2.05) is 0 Å². The van der Waals surface area contributed by atoms with Gasteiger partial charge < -0.3 is 16.2 Å². The molecule has 0 fully saturated rings. The maximum absolute atomic E-state index is 13.5. The Labute approximate surface area is 111 Å². The summed E-state index contributed by atoms with van der Waals surface area (Å²) in [5, 5.41) is 11.2. The molecule has 0 radical (unpaired) electrons. The Morgan fingerprint density at radius 3 is 2.35 bits per heavy atom. The number of nitrogen functional groups attached to an aromatic ring is 1. The Bertz CT molecular complexity index is 690. The van der Waals surface area contributed by atoms with Crippen LogP contribution in [0.15, 0.2) is 30.3 Å². The lowest BCUT2D eigenvalue weighted by molar-refractivity contribution is 0.0692. The van der Waals surface area contributed by atoms with Gasteiger partial charge in [0.2, 0.25) is 0 Å². The fraction of sp³-hybridized carbons (Fsp3) is 0. The second-order valence-corrected chi connectivity index (χ2v) is 3.97. The summed E-state index contributed by atoms with van der Waals surface area (Å²) in [6, 6.07) is 4.54. The molecule has 104 valence electrons. The van der Waals surface area contributed by atoms with E-state index < -0.39 is 29.0 Å². The number of rotatable bonds is 3. The van der Waals surface area contributed by atoms with E-state index >= 15 is 0 Å². The van der Waals surface area contributed by atoms with Crippen molar-refractivity contribution in [3.8, 4) is 0 Å². The Hall–Kier alpha value is -2.70. The average molecular weight is 282 g/mol. The van der Waals surface area contributed by atoms with Gasteiger partial charge in [-0.3, -0.25) is 0 Å². The summed E-state index contributed by atoms with van der Waals surface area (Å²) >= 11 is 0. The highest BCUT2D eigenvalue weighted by atomic mass is 19.1. The van der Waals surface area contributed by atoms with Crippen LogP contribution >= 0.6 is 0 Å². The van der Waals surface area contributed by atoms with Gasteiger partial charge in [0.05, 0.1) is 22.6 Å². The predicted octanol–water partition coefficient (Wildman–Crippen LogP) is 3.13. The normalized spacial score (nSPS) is 10.3. The number of carboxylic acid groups (broad SMARTS) is 1. The Morgan fingerprint density at radius 1 is 1.05 bits per heavy atom. The van der Waals surface area contributed by atoms with Gasteiger partial charge in [0.25, 0.3) is 0 Å². The number of halogens is 3. The maximum atomic E-state index is 13.5. The molecule has 0 aliphatic carbocycles. The van der Waals surface area contributed by atoms with Gasteiger partial charge in [0, 0.05) is 12.1 Å². The highest BCUT2D eigenvalue weighted by Gasteiger charge is 2.14. The zero-order valence-electron chi connectivity index (χ0n) is 9.95. The summed E-state index contributed by atoms with van der Waals surface area (Å²) in [5.41, 5.74) is 4.77. The summed E-state index contributed by atoms with van der Waals surface area (Å²) in [6.45, 7) is 0. The standard InChI is InChI=1S/C13H9F3N2O2/c14-6-1-2-11(9(16)3-6)18-12-5-8(15)7(13(19)20)4-10(12)17/h1-5,18H,17H2,(H,19,20). The summed E-state index contributed by atoms with van der Waals surface area (Å²) < 4.78 is 39.7. The summed E-state index contributed by atoms with van der Waals surface area (Å²) in [4.78, 5) is 10.7. The van der Waals surface area contributed by atoms with E-state index in [0.717, 1.165) is 24.3 Å². The van der Waals surface area contributed by atoms with Gasteiger partial charge in [-0.1, -0.05) is 0 Å². The zero-order chi connectivity index (χ0) is 14.9. The van der Waals surface area contributed by atoms with E-state index in [0.29, 0.717) is 6.07 Å². The molecular weight excluding hydrogens is 273 g/mol. The molecule has 0 aliphatic rings. The van der Waals surface area contributed by atoms with E-state index in [9.17, 15) is 18.0 Å². The Balaban J connectivity index is 2.39. The highest BCUT2D eigenvalue weighted by Crippen LogP contribution is 2.28. The van der Waals surface area contributed by atoms with Crippen molar-refractivity contribution >= 4 is 23.0 Å². The molecule has 0 aromatic heterocycles. The predicted molar refractivity (Wildman–Crippen MR) is 67.4 cm³/mol. The van der Waals surface area contributed by atoms with E-state index in [1.165, 1.54) is 0 Å². The van der Waals surface area contributed by atoms with Crippen LogP contribution in [0, 0.1) is 17.5 Å². The van der Waals surface area contributed by atoms with Crippen LogP contribution in [0.2, 0.25) is 0 Å². The van der Waals surface area contributed by atoms with E-state index in [-0.39, 0.29) is 17.1 Å². The van der Waals surface area contributed by atoms with Crippen LogP contribution < -0.4 is 11.1 Å². The highest BCUT2D eigenvalue weighted by molar-refractivity contribution is 5.91. The number of aromatic carboxylic acids is 1. The molecule has 0 aliphatic heterocycles. The molecule has 4 N–H and O–H groups in total. The minimum atomic E-state index is -1.46. The zero-order valence-corrected chi connectivity index (χ0v) is 9.95. The SMILES string of the molecule is Nc1cc(C(=O)O)c(F)cc1Nc1ccc(F)cc1F. The topological polar surface area (TPSA) is 75.4 Å². The van der Waals surface area contributed by atoms with Gasteiger partial charge in [0.1, 0.15) is 17.5 Å². The van der Waals surface area contributed by atoms with Crippen molar-refractivity contribution in [3.63, 3.8) is 0 Å². The summed E-state index contributed by atoms with van der Waals surface area (Å²) in [7, 11) is 0. The van der Waals surface area contributed by atoms with E-state index in [4.69, 9.17) is 10.8 Å². The first-order valence-electron chi connectivity index (χ1n) is 5.43. The maximum Gasteiger partial charge on any atom is 0.338 e. The number of carbonyl (C=O) groups is 1. The molecule has 0 amide bonds. The number of hydrogen-bond acceptors (Lipinski definition) is 3. The fourth-order valence-electron chi connectivity index (χ4n) is 1.60. The molecule has 2 rings (SSSR count). The Morgan fingerprint density at radius 2 is 1.75 bits per heavy atom. The lowest BCUT2D eigenvalue weighted by atomic mass is 10.1. The van der Waals surface area contributed by atoms with Crippen LogP contribution in [0.3, 0.4) is 0 Å². The minimum absolute atomic E-state index is 0.0157. The van der Waals surface area contributed by atoms with Gasteiger partial charge in [-0.15, -0.1) is 0 Å². The molecule has 0 bridgehead atoms. The van der Waals surface area contributed by atoms with Crippen LogP contribution in [0.1, 0.15) is 10.4 Å². The van der Waals surface area contributed by atoms with Crippen molar-refractivity contribution in [1.82, 2.24) is 0 Å². The van der Waals surface area contributed by atoms with Gasteiger partial charge in [-0.25, -0.2) is 18.0 Å². The number of hydrogen-bond donors (Lipinski definition) is 3. The molecule has 20 heavy (non-hydrogen) atoms. The molecule has 0 spiro atoms. The summed E-state index contributed by atoms with van der Waals surface area (Å²) in [6.07, 6.45) is 0. The first-order valence-corrected chi connectivity index (χ1v) is 5.43. The van der Waals surface area contributed by atoms with Crippen LogP contribution in [0.25, 0.3) is 0 Å². The van der Waals surface area contributed by atoms with E-state index in [2.05, 4.69) is 5.32 Å². The molecular formula is C13H9F3N2O2. The van der Waals surface area contributed by atoms with Crippen LogP contribution in [-0.2, 0) is 0 Å². The third-order valence-electron chi connectivity index (χ3n) is 2.57. The van der Waals surface area contributed by atoms with Gasteiger partial charge in [-0.2, -0.15) is 0 Å². The third kappa shape index (κ3) is 2.66. The quantitative estimate of drug-likeness (QED) is 0.756. The molecule has 0 saturated carbocycles. The van der Waals surface area contributed by atoms with Gasteiger partial charge >= 0.3 is 5.97 Å². The molecule has 2 aromatic carbocycles. The van der Waals surface area contributed by atoms with Gasteiger partial charge in [0.15, 0.2) is 0 Å². The molecule has 0 atom stereocenters. The van der Waals surface area contributed by atoms with Crippen LogP contribution in [0.5, 0.6) is 0 Å². The van der Waals surface area contributed by atoms with Crippen molar-refractivity contribution in [2.45, 2.75) is 0 Å². The fourth-order valence-corrected chi connectivity index (χ4v) is 1.60. The van der Waals surface area contributed by atoms with Crippen LogP contribution in [-0.4, -0.2) is 11.1 Å². The second-order valence-electron chi connectivity index (χ2n) is 3.97. The lowest BCUT2D eigenvalue weighted by Crippen LogP contribution is -2.05. The largest absolute Gasteiger partial charge is 0.478 e. The molecule has 2 aromatic rings. The van der Waals surface area contributed by atoms with E-state index in [1.54, 1.807) is 0 Å². The first-order chi connectivity index (χ1) is 9.38. The van der Waals surface area contributed by atoms with Crippen molar-refractivity contribution in [2.24, 2.45) is 0 Å². The van der Waals surface area contributed by atoms with Crippen molar-refractivity contribution in [3.05, 3.63) is 53.3 Å².